The second-order valence-corrected chi connectivity index (χ2v) is 6.25. The first kappa shape index (κ1) is 15.4. The molecule has 0 spiro atoms. The first-order valence-corrected chi connectivity index (χ1v) is 7.85. The molecule has 1 aliphatic heterocycles. The molecule has 2 fully saturated rings. The van der Waals surface area contributed by atoms with Crippen molar-refractivity contribution in [2.45, 2.75) is 52.0 Å². The molecule has 0 bridgehead atoms. The topological polar surface area (TPSA) is 41.6 Å². The molecular weight excluding hydrogens is 252 g/mol. The summed E-state index contributed by atoms with van der Waals surface area (Å²) < 4.78 is 5.32. The molecule has 4 heteroatoms. The number of amides is 1. The number of carbonyl (C=O) groups excluding carboxylic acids is 1. The fraction of sp³-hybridized carbons (Fsp3) is 0.812. The number of hydrogen-bond acceptors (Lipinski definition) is 3. The van der Waals surface area contributed by atoms with Gasteiger partial charge in [0, 0.05) is 44.1 Å². The molecule has 1 heterocycles. The minimum atomic E-state index is 0.0786. The van der Waals surface area contributed by atoms with Crippen LogP contribution in [0.5, 0.6) is 0 Å². The molecule has 1 aliphatic carbocycles. The zero-order valence-corrected chi connectivity index (χ0v) is 13.1. The van der Waals surface area contributed by atoms with Crippen LogP contribution in [0.15, 0.2) is 11.3 Å². The monoisotopic (exact) mass is 280 g/mol. The normalized spacial score (nSPS) is 21.9. The van der Waals surface area contributed by atoms with Crippen LogP contribution in [0.4, 0.5) is 0 Å². The Bertz CT molecular complexity index is 369. The molecule has 1 saturated heterocycles. The van der Waals surface area contributed by atoms with Crippen molar-refractivity contribution < 1.29 is 9.53 Å². The predicted molar refractivity (Wildman–Crippen MR) is 80.3 cm³/mol. The van der Waals surface area contributed by atoms with Gasteiger partial charge in [-0.25, -0.2) is 0 Å². The highest BCUT2D eigenvalue weighted by Crippen LogP contribution is 2.28. The Morgan fingerprint density at radius 1 is 1.20 bits per heavy atom. The number of ether oxygens (including phenoxy) is 1. The smallest absolute Gasteiger partial charge is 0.248 e. The Kier molecular flexibility index (Phi) is 5.46. The van der Waals surface area contributed by atoms with E-state index in [4.69, 9.17) is 4.74 Å². The van der Waals surface area contributed by atoms with Crippen molar-refractivity contribution in [1.82, 2.24) is 10.2 Å². The Morgan fingerprint density at radius 2 is 1.85 bits per heavy atom. The van der Waals surface area contributed by atoms with Gasteiger partial charge in [-0.3, -0.25) is 4.79 Å². The van der Waals surface area contributed by atoms with E-state index in [0.717, 1.165) is 49.8 Å². The molecule has 0 radical (unpaired) electrons. The van der Waals surface area contributed by atoms with Gasteiger partial charge in [0.25, 0.3) is 0 Å². The summed E-state index contributed by atoms with van der Waals surface area (Å²) >= 11 is 0. The molecule has 1 N–H and O–H groups in total. The van der Waals surface area contributed by atoms with Crippen molar-refractivity contribution in [2.75, 3.05) is 26.8 Å². The van der Waals surface area contributed by atoms with E-state index in [2.05, 4.69) is 24.2 Å². The second kappa shape index (κ2) is 7.11. The molecule has 114 valence electrons. The minimum Gasteiger partial charge on any atom is -0.381 e. The lowest BCUT2D eigenvalue weighted by Gasteiger charge is -2.32. The van der Waals surface area contributed by atoms with Gasteiger partial charge in [-0.05, 0) is 45.4 Å². The molecule has 0 unspecified atom stereocenters. The van der Waals surface area contributed by atoms with E-state index in [1.54, 1.807) is 0 Å². The summed E-state index contributed by atoms with van der Waals surface area (Å²) in [5, 5.41) is 3.13. The number of nitrogens with one attached hydrogen (secondary N) is 1. The van der Waals surface area contributed by atoms with Crippen molar-refractivity contribution in [1.29, 1.82) is 0 Å². The third kappa shape index (κ3) is 3.98. The van der Waals surface area contributed by atoms with Crippen LogP contribution < -0.4 is 5.32 Å². The van der Waals surface area contributed by atoms with Crippen LogP contribution >= 0.6 is 0 Å². The number of carbonyl (C=O) groups is 1. The predicted octanol–water partition coefficient (Wildman–Crippen LogP) is 2.31. The van der Waals surface area contributed by atoms with Gasteiger partial charge in [0.05, 0.1) is 0 Å². The minimum absolute atomic E-state index is 0.0786. The molecule has 20 heavy (non-hydrogen) atoms. The van der Waals surface area contributed by atoms with Gasteiger partial charge in [-0.15, -0.1) is 0 Å². The Labute approximate surface area is 122 Å². The van der Waals surface area contributed by atoms with Crippen LogP contribution in [-0.2, 0) is 9.53 Å². The lowest BCUT2D eigenvalue weighted by atomic mass is 9.85. The van der Waals surface area contributed by atoms with Crippen molar-refractivity contribution in [2.24, 2.45) is 5.92 Å². The Morgan fingerprint density at radius 3 is 2.40 bits per heavy atom. The maximum atomic E-state index is 12.3. The van der Waals surface area contributed by atoms with E-state index in [-0.39, 0.29) is 11.9 Å². The zero-order chi connectivity index (χ0) is 14.5. The second-order valence-electron chi connectivity index (χ2n) is 6.25. The SMILES string of the molecule is CC(C(=O)NC1CCOCC1)=C(C)N(C)CC1CCC1. The van der Waals surface area contributed by atoms with E-state index in [9.17, 15) is 4.79 Å². The van der Waals surface area contributed by atoms with E-state index in [1.807, 2.05) is 6.92 Å². The zero-order valence-electron chi connectivity index (χ0n) is 13.1. The van der Waals surface area contributed by atoms with Crippen molar-refractivity contribution in [3.05, 3.63) is 11.3 Å². The largest absolute Gasteiger partial charge is 0.381 e. The summed E-state index contributed by atoms with van der Waals surface area (Å²) in [4.78, 5) is 14.5. The van der Waals surface area contributed by atoms with Gasteiger partial charge < -0.3 is 15.0 Å². The molecule has 2 aliphatic rings. The molecule has 2 rings (SSSR count). The van der Waals surface area contributed by atoms with Crippen molar-refractivity contribution >= 4 is 5.91 Å². The summed E-state index contributed by atoms with van der Waals surface area (Å²) in [5.41, 5.74) is 1.94. The van der Waals surface area contributed by atoms with Crippen molar-refractivity contribution in [3.63, 3.8) is 0 Å². The third-order valence-corrected chi connectivity index (χ3v) is 4.77. The number of hydrogen-bond donors (Lipinski definition) is 1. The molecule has 0 aromatic carbocycles. The standard InChI is InChI=1S/C16H28N2O2/c1-12(13(2)18(3)11-14-5-4-6-14)16(19)17-15-7-9-20-10-8-15/h14-15H,4-11H2,1-3H3,(H,17,19). The van der Waals surface area contributed by atoms with Crippen LogP contribution in [0.25, 0.3) is 0 Å². The summed E-state index contributed by atoms with van der Waals surface area (Å²) in [5.74, 6) is 0.899. The van der Waals surface area contributed by atoms with Crippen LogP contribution in [0, 0.1) is 5.92 Å². The highest BCUT2D eigenvalue weighted by molar-refractivity contribution is 5.93. The van der Waals surface area contributed by atoms with Gasteiger partial charge in [-0.2, -0.15) is 0 Å². The van der Waals surface area contributed by atoms with E-state index in [1.165, 1.54) is 19.3 Å². The average molecular weight is 280 g/mol. The van der Waals surface area contributed by atoms with Crippen LogP contribution in [0.3, 0.4) is 0 Å². The molecule has 0 atom stereocenters. The van der Waals surface area contributed by atoms with Gasteiger partial charge in [0.1, 0.15) is 0 Å². The van der Waals surface area contributed by atoms with E-state index >= 15 is 0 Å². The molecular formula is C16H28N2O2. The van der Waals surface area contributed by atoms with Crippen LogP contribution in [0.1, 0.15) is 46.0 Å². The number of nitrogens with zero attached hydrogens (tertiary/aromatic N) is 1. The summed E-state index contributed by atoms with van der Waals surface area (Å²) in [6.07, 6.45) is 5.90. The third-order valence-electron chi connectivity index (χ3n) is 4.77. The van der Waals surface area contributed by atoms with Gasteiger partial charge in [0.15, 0.2) is 0 Å². The average Bonchev–Trinajstić information content (AvgIpc) is 2.42. The van der Waals surface area contributed by atoms with Gasteiger partial charge in [0.2, 0.25) is 5.91 Å². The van der Waals surface area contributed by atoms with E-state index < -0.39 is 0 Å². The number of allylic oxidation sites excluding steroid dienone is 1. The summed E-state index contributed by atoms with van der Waals surface area (Å²) in [6, 6.07) is 0.274. The molecule has 0 aromatic heterocycles. The first-order valence-electron chi connectivity index (χ1n) is 7.85. The first-order chi connectivity index (χ1) is 9.58. The highest BCUT2D eigenvalue weighted by atomic mass is 16.5. The maximum absolute atomic E-state index is 12.3. The summed E-state index contributed by atoms with van der Waals surface area (Å²) in [7, 11) is 2.10. The molecule has 1 saturated carbocycles. The molecule has 0 aromatic rings. The lowest BCUT2D eigenvalue weighted by Crippen LogP contribution is -2.40. The highest BCUT2D eigenvalue weighted by Gasteiger charge is 2.21. The van der Waals surface area contributed by atoms with Crippen LogP contribution in [-0.4, -0.2) is 43.7 Å². The fourth-order valence-electron chi connectivity index (χ4n) is 2.79. The van der Waals surface area contributed by atoms with Crippen LogP contribution in [0.2, 0.25) is 0 Å². The van der Waals surface area contributed by atoms with Crippen molar-refractivity contribution in [3.8, 4) is 0 Å². The molecule has 1 amide bonds. The number of rotatable bonds is 5. The summed E-state index contributed by atoms with van der Waals surface area (Å²) in [6.45, 7) is 6.58. The van der Waals surface area contributed by atoms with Gasteiger partial charge in [-0.1, -0.05) is 6.42 Å². The quantitative estimate of drug-likeness (QED) is 0.786. The maximum Gasteiger partial charge on any atom is 0.248 e. The van der Waals surface area contributed by atoms with E-state index in [0.29, 0.717) is 0 Å². The molecule has 4 nitrogen and oxygen atoms in total. The lowest BCUT2D eigenvalue weighted by molar-refractivity contribution is -0.118. The Balaban J connectivity index is 1.86. The van der Waals surface area contributed by atoms with Gasteiger partial charge >= 0.3 is 0 Å². The fourth-order valence-corrected chi connectivity index (χ4v) is 2.79. The Hall–Kier alpha value is -1.03.